The van der Waals surface area contributed by atoms with Gasteiger partial charge in [-0.2, -0.15) is 0 Å². The van der Waals surface area contributed by atoms with E-state index in [0.29, 0.717) is 18.9 Å². The third-order valence-corrected chi connectivity index (χ3v) is 8.26. The molecule has 34 heavy (non-hydrogen) atoms. The Kier molecular flexibility index (Phi) is 6.04. The molecule has 3 aromatic heterocycles. The summed E-state index contributed by atoms with van der Waals surface area (Å²) in [6.07, 6.45) is 7.07. The molecule has 5 heterocycles. The van der Waals surface area contributed by atoms with Crippen molar-refractivity contribution in [1.82, 2.24) is 24.8 Å². The molecule has 4 atom stereocenters. The van der Waals surface area contributed by atoms with E-state index < -0.39 is 11.0 Å². The van der Waals surface area contributed by atoms with Crippen molar-refractivity contribution in [2.24, 2.45) is 11.3 Å². The highest BCUT2D eigenvalue weighted by Crippen LogP contribution is 2.60. The Labute approximate surface area is 202 Å². The fourth-order valence-corrected chi connectivity index (χ4v) is 6.84. The van der Waals surface area contributed by atoms with Gasteiger partial charge >= 0.3 is 0 Å². The molecule has 6 heteroatoms. The van der Waals surface area contributed by atoms with E-state index in [2.05, 4.69) is 53.9 Å². The van der Waals surface area contributed by atoms with E-state index in [1.165, 1.54) is 0 Å². The molecule has 6 nitrogen and oxygen atoms in total. The Morgan fingerprint density at radius 3 is 2.21 bits per heavy atom. The predicted octanol–water partition coefficient (Wildman–Crippen LogP) is 4.26. The number of hydrogen-bond acceptors (Lipinski definition) is 6. The molecule has 5 rings (SSSR count). The van der Waals surface area contributed by atoms with Gasteiger partial charge in [0, 0.05) is 38.2 Å². The lowest BCUT2D eigenvalue weighted by Crippen LogP contribution is -2.73. The van der Waals surface area contributed by atoms with Crippen LogP contribution in [0.3, 0.4) is 0 Å². The number of aromatic nitrogens is 3. The number of likely N-dealkylation sites (tertiary alicyclic amines) is 2. The molecule has 2 aliphatic heterocycles. The maximum atomic E-state index is 14.5. The molecular weight excluding hydrogens is 422 g/mol. The van der Waals surface area contributed by atoms with Crippen LogP contribution in [-0.2, 0) is 16.9 Å². The van der Waals surface area contributed by atoms with E-state index in [1.54, 1.807) is 0 Å². The summed E-state index contributed by atoms with van der Waals surface area (Å²) in [4.78, 5) is 33.6. The van der Waals surface area contributed by atoms with Crippen LogP contribution >= 0.6 is 0 Å². The van der Waals surface area contributed by atoms with Gasteiger partial charge in [-0.05, 0) is 56.3 Å². The second kappa shape index (κ2) is 9.01. The first kappa shape index (κ1) is 22.8. The molecule has 0 radical (unpaired) electrons. The SMILES string of the molecule is CCC12CN(Cc3ccccn3)CC(C1=O)C(c1ccccn1)N(C)C2(CC)c1ccccn1. The molecule has 2 saturated heterocycles. The number of rotatable bonds is 6. The van der Waals surface area contributed by atoms with E-state index in [-0.39, 0.29) is 12.0 Å². The highest BCUT2D eigenvalue weighted by molar-refractivity contribution is 5.92. The summed E-state index contributed by atoms with van der Waals surface area (Å²) in [5.74, 6) is 0.189. The molecule has 2 bridgehead atoms. The molecule has 0 N–H and O–H groups in total. The van der Waals surface area contributed by atoms with Crippen LogP contribution in [0.1, 0.15) is 49.8 Å². The zero-order valence-electron chi connectivity index (χ0n) is 20.3. The van der Waals surface area contributed by atoms with Gasteiger partial charge in [-0.3, -0.25) is 29.5 Å². The first-order valence-corrected chi connectivity index (χ1v) is 12.3. The van der Waals surface area contributed by atoms with E-state index in [0.717, 1.165) is 36.5 Å². The van der Waals surface area contributed by atoms with Crippen LogP contribution in [0.4, 0.5) is 0 Å². The number of pyridine rings is 3. The molecule has 0 amide bonds. The number of fused-ring (bicyclic) bond motifs is 2. The molecule has 0 saturated carbocycles. The van der Waals surface area contributed by atoms with Gasteiger partial charge in [0.15, 0.2) is 0 Å². The standard InChI is InChI=1S/C28H33N5O/c1-4-27-20-33(18-21-12-6-9-15-29-21)19-22(26(27)34)25(23-13-7-10-16-30-23)32(3)28(27,5-2)24-14-8-11-17-31-24/h6-17,22,25H,4-5,18-20H2,1-3H3. The van der Waals surface area contributed by atoms with Gasteiger partial charge in [0.25, 0.3) is 0 Å². The van der Waals surface area contributed by atoms with Crippen LogP contribution in [0.5, 0.6) is 0 Å². The Hall–Kier alpha value is -2.96. The number of carbonyl (C=O) groups excluding carboxylic acids is 1. The largest absolute Gasteiger partial charge is 0.298 e. The van der Waals surface area contributed by atoms with Gasteiger partial charge in [0.2, 0.25) is 0 Å². The second-order valence-electron chi connectivity index (χ2n) is 9.64. The maximum Gasteiger partial charge on any atom is 0.148 e. The Morgan fingerprint density at radius 1 is 0.912 bits per heavy atom. The third kappa shape index (κ3) is 3.31. The van der Waals surface area contributed by atoms with Crippen molar-refractivity contribution in [2.75, 3.05) is 20.1 Å². The lowest BCUT2D eigenvalue weighted by Gasteiger charge is -2.65. The highest BCUT2D eigenvalue weighted by Gasteiger charge is 2.67. The topological polar surface area (TPSA) is 62.2 Å². The predicted molar refractivity (Wildman–Crippen MR) is 132 cm³/mol. The highest BCUT2D eigenvalue weighted by atomic mass is 16.1. The monoisotopic (exact) mass is 455 g/mol. The molecule has 0 aliphatic carbocycles. The number of hydrogen-bond donors (Lipinski definition) is 0. The lowest BCUT2D eigenvalue weighted by molar-refractivity contribution is -0.187. The molecule has 176 valence electrons. The van der Waals surface area contributed by atoms with Crippen LogP contribution in [0.25, 0.3) is 0 Å². The lowest BCUT2D eigenvalue weighted by atomic mass is 9.53. The van der Waals surface area contributed by atoms with E-state index >= 15 is 0 Å². The molecule has 2 aliphatic rings. The number of Topliss-reactive ketones (excluding diaryl/α,β-unsaturated/α-hetero) is 1. The minimum Gasteiger partial charge on any atom is -0.298 e. The van der Waals surface area contributed by atoms with Crippen LogP contribution in [0, 0.1) is 11.3 Å². The molecule has 2 fully saturated rings. The molecule has 0 spiro atoms. The van der Waals surface area contributed by atoms with Crippen molar-refractivity contribution in [2.45, 2.75) is 44.8 Å². The maximum absolute atomic E-state index is 14.5. The van der Waals surface area contributed by atoms with Gasteiger partial charge < -0.3 is 0 Å². The Morgan fingerprint density at radius 2 is 1.62 bits per heavy atom. The summed E-state index contributed by atoms with van der Waals surface area (Å²) in [6.45, 7) is 6.49. The first-order valence-electron chi connectivity index (χ1n) is 12.3. The molecule has 3 aromatic rings. The Bertz CT molecular complexity index is 1130. The quantitative estimate of drug-likeness (QED) is 0.553. The minimum absolute atomic E-state index is 0.123. The van der Waals surface area contributed by atoms with Crippen molar-refractivity contribution >= 4 is 5.78 Å². The van der Waals surface area contributed by atoms with Gasteiger partial charge in [0.1, 0.15) is 5.78 Å². The summed E-state index contributed by atoms with van der Waals surface area (Å²) in [7, 11) is 2.18. The number of ketones is 1. The zero-order valence-corrected chi connectivity index (χ0v) is 20.3. The summed E-state index contributed by atoms with van der Waals surface area (Å²) in [5, 5.41) is 0. The van der Waals surface area contributed by atoms with Crippen molar-refractivity contribution < 1.29 is 4.79 Å². The minimum atomic E-state index is -0.576. The van der Waals surface area contributed by atoms with Crippen molar-refractivity contribution in [1.29, 1.82) is 0 Å². The normalized spacial score (nSPS) is 29.8. The van der Waals surface area contributed by atoms with Crippen LogP contribution in [0.15, 0.2) is 73.2 Å². The number of carbonyl (C=O) groups is 1. The van der Waals surface area contributed by atoms with Gasteiger partial charge in [-0.1, -0.05) is 32.0 Å². The summed E-state index contributed by atoms with van der Waals surface area (Å²) in [5.41, 5.74) is 1.83. The Balaban J connectivity index is 1.70. The van der Waals surface area contributed by atoms with Crippen molar-refractivity contribution in [3.05, 3.63) is 90.3 Å². The number of piperidine rings is 2. The molecular formula is C28H33N5O. The second-order valence-corrected chi connectivity index (χ2v) is 9.64. The van der Waals surface area contributed by atoms with E-state index in [9.17, 15) is 4.79 Å². The zero-order chi connectivity index (χ0) is 23.8. The fraction of sp³-hybridized carbons (Fsp3) is 0.429. The summed E-state index contributed by atoms with van der Waals surface area (Å²) < 4.78 is 0. The summed E-state index contributed by atoms with van der Waals surface area (Å²) >= 11 is 0. The van der Waals surface area contributed by atoms with Gasteiger partial charge in [-0.15, -0.1) is 0 Å². The average Bonchev–Trinajstić information content (AvgIpc) is 2.88. The van der Waals surface area contributed by atoms with Crippen molar-refractivity contribution in [3.63, 3.8) is 0 Å². The fourth-order valence-electron chi connectivity index (χ4n) is 6.84. The molecule has 4 unspecified atom stereocenters. The summed E-state index contributed by atoms with van der Waals surface area (Å²) in [6, 6.07) is 18.0. The average molecular weight is 456 g/mol. The smallest absolute Gasteiger partial charge is 0.148 e. The van der Waals surface area contributed by atoms with Crippen molar-refractivity contribution in [3.8, 4) is 0 Å². The van der Waals surface area contributed by atoms with E-state index in [4.69, 9.17) is 9.97 Å². The van der Waals surface area contributed by atoms with Gasteiger partial charge in [-0.25, -0.2) is 0 Å². The first-order chi connectivity index (χ1) is 16.6. The van der Waals surface area contributed by atoms with Crippen LogP contribution in [-0.4, -0.2) is 50.7 Å². The number of nitrogens with zero attached hydrogens (tertiary/aromatic N) is 5. The van der Waals surface area contributed by atoms with Crippen LogP contribution < -0.4 is 0 Å². The van der Waals surface area contributed by atoms with Gasteiger partial charge in [0.05, 0.1) is 40.0 Å². The molecule has 0 aromatic carbocycles. The van der Waals surface area contributed by atoms with E-state index in [1.807, 2.05) is 55.0 Å². The third-order valence-electron chi connectivity index (χ3n) is 8.26. The van der Waals surface area contributed by atoms with Crippen LogP contribution in [0.2, 0.25) is 0 Å².